The Morgan fingerprint density at radius 1 is 1.67 bits per heavy atom. The summed E-state index contributed by atoms with van der Waals surface area (Å²) in [6.45, 7) is 3.35. The van der Waals surface area contributed by atoms with Crippen LogP contribution in [0.25, 0.3) is 0 Å². The van der Waals surface area contributed by atoms with E-state index in [0.29, 0.717) is 5.92 Å². The molecule has 1 atom stereocenters. The van der Waals surface area contributed by atoms with Crippen LogP contribution in [0.3, 0.4) is 0 Å². The van der Waals surface area contributed by atoms with Gasteiger partial charge in [-0.1, -0.05) is 13.0 Å². The summed E-state index contributed by atoms with van der Waals surface area (Å²) in [6, 6.07) is 0. The molecule has 0 bridgehead atoms. The van der Waals surface area contributed by atoms with Crippen molar-refractivity contribution in [1.29, 1.82) is 0 Å². The SMILES string of the molecule is CNCCC(C)C1=NC=CCC1. The fraction of sp³-hybridized carbons (Fsp3) is 0.700. The second-order valence-corrected chi connectivity index (χ2v) is 3.34. The molecule has 0 aromatic carbocycles. The Bertz CT molecular complexity index is 182. The maximum Gasteiger partial charge on any atom is 0.0227 e. The first kappa shape index (κ1) is 9.46. The number of hydrogen-bond acceptors (Lipinski definition) is 2. The van der Waals surface area contributed by atoms with Gasteiger partial charge in [0.15, 0.2) is 0 Å². The van der Waals surface area contributed by atoms with Crippen LogP contribution in [0.15, 0.2) is 17.3 Å². The monoisotopic (exact) mass is 166 g/mol. The van der Waals surface area contributed by atoms with E-state index >= 15 is 0 Å². The molecule has 1 unspecified atom stereocenters. The minimum absolute atomic E-state index is 0.641. The Kier molecular flexibility index (Phi) is 4.01. The van der Waals surface area contributed by atoms with Crippen molar-refractivity contribution in [3.8, 4) is 0 Å². The van der Waals surface area contributed by atoms with Crippen LogP contribution in [0, 0.1) is 5.92 Å². The van der Waals surface area contributed by atoms with Crippen molar-refractivity contribution >= 4 is 5.71 Å². The molecular weight excluding hydrogens is 148 g/mol. The molecule has 2 nitrogen and oxygen atoms in total. The van der Waals surface area contributed by atoms with E-state index in [1.807, 2.05) is 13.2 Å². The predicted octanol–water partition coefficient (Wildman–Crippen LogP) is 1.98. The first-order valence-corrected chi connectivity index (χ1v) is 4.70. The third kappa shape index (κ3) is 2.78. The van der Waals surface area contributed by atoms with Crippen LogP contribution in [-0.2, 0) is 0 Å². The van der Waals surface area contributed by atoms with Crippen LogP contribution in [0.4, 0.5) is 0 Å². The van der Waals surface area contributed by atoms with Gasteiger partial charge in [-0.2, -0.15) is 0 Å². The molecule has 0 saturated carbocycles. The van der Waals surface area contributed by atoms with Gasteiger partial charge in [-0.25, -0.2) is 0 Å². The highest BCUT2D eigenvalue weighted by molar-refractivity contribution is 5.87. The molecule has 0 spiro atoms. The topological polar surface area (TPSA) is 24.4 Å². The normalized spacial score (nSPS) is 19.0. The minimum Gasteiger partial charge on any atom is -0.320 e. The van der Waals surface area contributed by atoms with Crippen molar-refractivity contribution in [2.45, 2.75) is 26.2 Å². The summed E-state index contributed by atoms with van der Waals surface area (Å²) >= 11 is 0. The molecule has 0 aliphatic carbocycles. The Labute approximate surface area is 74.8 Å². The van der Waals surface area contributed by atoms with Crippen LogP contribution in [0.5, 0.6) is 0 Å². The Balaban J connectivity index is 2.35. The lowest BCUT2D eigenvalue weighted by Crippen LogP contribution is -2.18. The number of rotatable bonds is 4. The summed E-state index contributed by atoms with van der Waals surface area (Å²) in [5, 5.41) is 3.16. The Hall–Kier alpha value is -0.630. The number of allylic oxidation sites excluding steroid dienone is 1. The maximum absolute atomic E-state index is 4.39. The van der Waals surface area contributed by atoms with Gasteiger partial charge >= 0.3 is 0 Å². The summed E-state index contributed by atoms with van der Waals surface area (Å²) in [4.78, 5) is 4.39. The number of nitrogens with zero attached hydrogens (tertiary/aromatic N) is 1. The fourth-order valence-electron chi connectivity index (χ4n) is 1.42. The van der Waals surface area contributed by atoms with Gasteiger partial charge in [-0.05, 0) is 38.8 Å². The highest BCUT2D eigenvalue weighted by Crippen LogP contribution is 2.13. The molecule has 1 aliphatic heterocycles. The number of aliphatic imine (C=N–C) groups is 1. The summed E-state index contributed by atoms with van der Waals surface area (Å²) < 4.78 is 0. The summed E-state index contributed by atoms with van der Waals surface area (Å²) in [7, 11) is 2.00. The molecule has 12 heavy (non-hydrogen) atoms. The van der Waals surface area contributed by atoms with Crippen molar-refractivity contribution in [2.75, 3.05) is 13.6 Å². The molecule has 0 amide bonds. The van der Waals surface area contributed by atoms with E-state index in [2.05, 4.69) is 23.3 Å². The van der Waals surface area contributed by atoms with Gasteiger partial charge in [0.2, 0.25) is 0 Å². The van der Waals surface area contributed by atoms with E-state index in [0.717, 1.165) is 13.0 Å². The average molecular weight is 166 g/mol. The van der Waals surface area contributed by atoms with E-state index in [1.165, 1.54) is 18.6 Å². The van der Waals surface area contributed by atoms with E-state index in [9.17, 15) is 0 Å². The zero-order valence-corrected chi connectivity index (χ0v) is 8.01. The standard InChI is InChI=1S/C10H18N2/c1-9(6-8-11-2)10-5-3-4-7-12-10/h4,7,9,11H,3,5-6,8H2,1-2H3. The molecule has 0 aromatic heterocycles. The second-order valence-electron chi connectivity index (χ2n) is 3.34. The van der Waals surface area contributed by atoms with Crippen LogP contribution < -0.4 is 5.32 Å². The number of hydrogen-bond donors (Lipinski definition) is 1. The van der Waals surface area contributed by atoms with Gasteiger partial charge in [-0.15, -0.1) is 0 Å². The molecule has 2 heteroatoms. The highest BCUT2D eigenvalue weighted by atomic mass is 14.8. The summed E-state index contributed by atoms with van der Waals surface area (Å²) in [5.41, 5.74) is 1.37. The molecule has 1 N–H and O–H groups in total. The lowest BCUT2D eigenvalue weighted by Gasteiger charge is -2.15. The van der Waals surface area contributed by atoms with Gasteiger partial charge in [0.25, 0.3) is 0 Å². The summed E-state index contributed by atoms with van der Waals surface area (Å²) in [5.74, 6) is 0.641. The van der Waals surface area contributed by atoms with Gasteiger partial charge < -0.3 is 5.32 Å². The molecule has 0 radical (unpaired) electrons. The van der Waals surface area contributed by atoms with Crippen LogP contribution in [0.2, 0.25) is 0 Å². The zero-order valence-electron chi connectivity index (χ0n) is 8.01. The maximum atomic E-state index is 4.39. The quantitative estimate of drug-likeness (QED) is 0.678. The lowest BCUT2D eigenvalue weighted by atomic mass is 9.97. The van der Waals surface area contributed by atoms with Crippen LogP contribution in [0.1, 0.15) is 26.2 Å². The van der Waals surface area contributed by atoms with Crippen molar-refractivity contribution < 1.29 is 0 Å². The first-order valence-electron chi connectivity index (χ1n) is 4.70. The first-order chi connectivity index (χ1) is 5.84. The van der Waals surface area contributed by atoms with Crippen LogP contribution >= 0.6 is 0 Å². The predicted molar refractivity (Wildman–Crippen MR) is 53.5 cm³/mol. The van der Waals surface area contributed by atoms with Gasteiger partial charge in [0, 0.05) is 11.9 Å². The van der Waals surface area contributed by atoms with Gasteiger partial charge in [0.05, 0.1) is 0 Å². The van der Waals surface area contributed by atoms with E-state index in [-0.39, 0.29) is 0 Å². The third-order valence-corrected chi connectivity index (χ3v) is 2.31. The molecule has 1 heterocycles. The van der Waals surface area contributed by atoms with Crippen molar-refractivity contribution in [2.24, 2.45) is 10.9 Å². The van der Waals surface area contributed by atoms with E-state index in [1.54, 1.807) is 0 Å². The molecular formula is C10H18N2. The lowest BCUT2D eigenvalue weighted by molar-refractivity contribution is 0.626. The second kappa shape index (κ2) is 5.09. The van der Waals surface area contributed by atoms with E-state index < -0.39 is 0 Å². The smallest absolute Gasteiger partial charge is 0.0227 e. The highest BCUT2D eigenvalue weighted by Gasteiger charge is 2.10. The largest absolute Gasteiger partial charge is 0.320 e. The molecule has 1 aliphatic rings. The molecule has 0 aromatic rings. The van der Waals surface area contributed by atoms with Crippen LogP contribution in [-0.4, -0.2) is 19.3 Å². The zero-order chi connectivity index (χ0) is 8.81. The fourth-order valence-corrected chi connectivity index (χ4v) is 1.42. The molecule has 0 saturated heterocycles. The van der Waals surface area contributed by atoms with E-state index in [4.69, 9.17) is 0 Å². The Morgan fingerprint density at radius 2 is 2.50 bits per heavy atom. The van der Waals surface area contributed by atoms with Gasteiger partial charge in [-0.3, -0.25) is 4.99 Å². The van der Waals surface area contributed by atoms with Crippen molar-refractivity contribution in [1.82, 2.24) is 5.32 Å². The van der Waals surface area contributed by atoms with Gasteiger partial charge in [0.1, 0.15) is 0 Å². The Morgan fingerprint density at radius 3 is 3.08 bits per heavy atom. The molecule has 68 valence electrons. The minimum atomic E-state index is 0.641. The van der Waals surface area contributed by atoms with Crippen molar-refractivity contribution in [3.63, 3.8) is 0 Å². The number of nitrogens with one attached hydrogen (secondary N) is 1. The average Bonchev–Trinajstić information content (AvgIpc) is 2.15. The van der Waals surface area contributed by atoms with Crippen molar-refractivity contribution in [3.05, 3.63) is 12.3 Å². The third-order valence-electron chi connectivity index (χ3n) is 2.31. The summed E-state index contributed by atoms with van der Waals surface area (Å²) in [6.07, 6.45) is 7.59. The molecule has 1 rings (SSSR count). The molecule has 0 fully saturated rings.